The number of carbonyl (C=O) groups excluding carboxylic acids is 1. The highest BCUT2D eigenvalue weighted by Gasteiger charge is 2.30. The monoisotopic (exact) mass is 399 g/mol. The van der Waals surface area contributed by atoms with E-state index in [-0.39, 0.29) is 11.9 Å². The van der Waals surface area contributed by atoms with E-state index in [1.54, 1.807) is 0 Å². The molecule has 1 saturated heterocycles. The number of hydrogen-bond donors (Lipinski definition) is 1. The largest absolute Gasteiger partial charge is 0.362 e. The zero-order valence-electron chi connectivity index (χ0n) is 17.9. The number of benzene rings is 3. The van der Waals surface area contributed by atoms with Crippen molar-refractivity contribution in [3.8, 4) is 0 Å². The first-order chi connectivity index (χ1) is 14.5. The summed E-state index contributed by atoms with van der Waals surface area (Å²) >= 11 is 0. The lowest BCUT2D eigenvalue weighted by molar-refractivity contribution is 0.0747. The topological polar surface area (TPSA) is 35.6 Å². The second kappa shape index (κ2) is 8.72. The van der Waals surface area contributed by atoms with Crippen LogP contribution in [0.2, 0.25) is 0 Å². The highest BCUT2D eigenvalue weighted by molar-refractivity contribution is 5.93. The summed E-state index contributed by atoms with van der Waals surface area (Å²) in [4.78, 5) is 15.2. The van der Waals surface area contributed by atoms with Gasteiger partial charge in [0.15, 0.2) is 0 Å². The molecule has 0 saturated carbocycles. The number of anilines is 1. The van der Waals surface area contributed by atoms with Gasteiger partial charge in [-0.2, -0.15) is 0 Å². The van der Waals surface area contributed by atoms with Crippen molar-refractivity contribution in [2.45, 2.75) is 26.8 Å². The molecule has 30 heavy (non-hydrogen) atoms. The second-order valence-corrected chi connectivity index (χ2v) is 8.16. The van der Waals surface area contributed by atoms with Crippen molar-refractivity contribution in [3.63, 3.8) is 0 Å². The fraction of sp³-hybridized carbons (Fsp3) is 0.269. The Morgan fingerprint density at radius 3 is 2.27 bits per heavy atom. The Balaban J connectivity index is 1.60. The van der Waals surface area contributed by atoms with E-state index >= 15 is 0 Å². The maximum Gasteiger partial charge on any atom is 0.265 e. The molecule has 1 aliphatic rings. The molecule has 1 fully saturated rings. The molecule has 1 N–H and O–H groups in total. The summed E-state index contributed by atoms with van der Waals surface area (Å²) in [5, 5.41) is 2.06. The van der Waals surface area contributed by atoms with Gasteiger partial charge >= 0.3 is 0 Å². The Morgan fingerprint density at radius 1 is 0.867 bits per heavy atom. The van der Waals surface area contributed by atoms with E-state index in [1.807, 2.05) is 30.3 Å². The summed E-state index contributed by atoms with van der Waals surface area (Å²) in [7, 11) is 0. The molecular formula is C26H29N3O. The van der Waals surface area contributed by atoms with Gasteiger partial charge in [0.05, 0.1) is 6.04 Å². The van der Waals surface area contributed by atoms with Crippen LogP contribution in [0.5, 0.6) is 0 Å². The maximum atomic E-state index is 12.7. The van der Waals surface area contributed by atoms with Gasteiger partial charge in [-0.3, -0.25) is 10.2 Å². The Morgan fingerprint density at radius 2 is 1.57 bits per heavy atom. The fourth-order valence-electron chi connectivity index (χ4n) is 4.17. The SMILES string of the molecule is Cc1ccc(C2CN(NC(=O)c3ccccc3)CCN2c2ccc(C)cc2C)cc1. The van der Waals surface area contributed by atoms with Crippen LogP contribution >= 0.6 is 0 Å². The van der Waals surface area contributed by atoms with E-state index in [4.69, 9.17) is 0 Å². The molecule has 0 bridgehead atoms. The van der Waals surface area contributed by atoms with Crippen molar-refractivity contribution in [3.05, 3.63) is 101 Å². The van der Waals surface area contributed by atoms with Gasteiger partial charge in [-0.05, 0) is 50.1 Å². The molecule has 154 valence electrons. The number of amides is 1. The second-order valence-electron chi connectivity index (χ2n) is 8.16. The van der Waals surface area contributed by atoms with Crippen LogP contribution in [0.15, 0.2) is 72.8 Å². The van der Waals surface area contributed by atoms with Gasteiger partial charge in [0.1, 0.15) is 0 Å². The van der Waals surface area contributed by atoms with E-state index in [0.717, 1.165) is 19.6 Å². The molecule has 0 aromatic heterocycles. The third-order valence-electron chi connectivity index (χ3n) is 5.80. The lowest BCUT2D eigenvalue weighted by Crippen LogP contribution is -2.55. The van der Waals surface area contributed by atoms with E-state index < -0.39 is 0 Å². The highest BCUT2D eigenvalue weighted by Crippen LogP contribution is 2.33. The molecule has 1 atom stereocenters. The van der Waals surface area contributed by atoms with Gasteiger partial charge in [0.25, 0.3) is 5.91 Å². The molecule has 1 heterocycles. The van der Waals surface area contributed by atoms with Gasteiger partial charge in [-0.1, -0.05) is 65.7 Å². The van der Waals surface area contributed by atoms with E-state index in [2.05, 4.69) is 78.6 Å². The zero-order valence-corrected chi connectivity index (χ0v) is 17.9. The summed E-state index contributed by atoms with van der Waals surface area (Å²) in [6.07, 6.45) is 0. The first-order valence-electron chi connectivity index (χ1n) is 10.5. The predicted octanol–water partition coefficient (Wildman–Crippen LogP) is 4.82. The average Bonchev–Trinajstić information content (AvgIpc) is 2.75. The first kappa shape index (κ1) is 20.2. The van der Waals surface area contributed by atoms with Crippen LogP contribution in [-0.4, -0.2) is 30.6 Å². The smallest absolute Gasteiger partial charge is 0.265 e. The number of aryl methyl sites for hydroxylation is 3. The van der Waals surface area contributed by atoms with E-state index in [9.17, 15) is 4.79 Å². The first-order valence-corrected chi connectivity index (χ1v) is 10.5. The van der Waals surface area contributed by atoms with Crippen LogP contribution < -0.4 is 10.3 Å². The summed E-state index contributed by atoms with van der Waals surface area (Å²) in [6, 6.07) is 24.9. The molecule has 0 spiro atoms. The molecule has 3 aromatic rings. The maximum absolute atomic E-state index is 12.7. The number of rotatable bonds is 4. The van der Waals surface area contributed by atoms with Crippen LogP contribution in [0.3, 0.4) is 0 Å². The van der Waals surface area contributed by atoms with Crippen molar-refractivity contribution in [2.75, 3.05) is 24.5 Å². The standard InChI is InChI=1S/C26H29N3O/c1-19-9-12-22(13-10-19)25-18-28(27-26(30)23-7-5-4-6-8-23)15-16-29(25)24-14-11-20(2)17-21(24)3/h4-14,17,25H,15-16,18H2,1-3H3,(H,27,30). The van der Waals surface area contributed by atoms with Crippen molar-refractivity contribution in [2.24, 2.45) is 0 Å². The quantitative estimate of drug-likeness (QED) is 0.683. The molecule has 1 aliphatic heterocycles. The summed E-state index contributed by atoms with van der Waals surface area (Å²) in [6.45, 7) is 8.77. The predicted molar refractivity (Wildman–Crippen MR) is 123 cm³/mol. The molecule has 1 amide bonds. The zero-order chi connectivity index (χ0) is 21.1. The third-order valence-corrected chi connectivity index (χ3v) is 5.80. The van der Waals surface area contributed by atoms with Crippen molar-refractivity contribution in [1.29, 1.82) is 0 Å². The highest BCUT2D eigenvalue weighted by atomic mass is 16.2. The number of piperazine rings is 1. The number of carbonyl (C=O) groups is 1. The molecule has 0 aliphatic carbocycles. The summed E-state index contributed by atoms with van der Waals surface area (Å²) < 4.78 is 0. The molecule has 4 heteroatoms. The molecule has 4 nitrogen and oxygen atoms in total. The molecule has 4 rings (SSSR count). The van der Waals surface area contributed by atoms with Crippen molar-refractivity contribution < 1.29 is 4.79 Å². The van der Waals surface area contributed by atoms with Crippen molar-refractivity contribution >= 4 is 11.6 Å². The van der Waals surface area contributed by atoms with Gasteiger partial charge in [-0.25, -0.2) is 5.01 Å². The lowest BCUT2D eigenvalue weighted by atomic mass is 9.99. The lowest BCUT2D eigenvalue weighted by Gasteiger charge is -2.43. The summed E-state index contributed by atoms with van der Waals surface area (Å²) in [5.41, 5.74) is 10.1. The van der Waals surface area contributed by atoms with E-state index in [1.165, 1.54) is 27.9 Å². The molecule has 3 aromatic carbocycles. The number of hydrazine groups is 1. The minimum absolute atomic E-state index is 0.0572. The Bertz CT molecular complexity index is 1010. The Kier molecular flexibility index (Phi) is 5.86. The molecule has 1 unspecified atom stereocenters. The Hall–Kier alpha value is -3.11. The van der Waals surface area contributed by atoms with Crippen LogP contribution in [-0.2, 0) is 0 Å². The minimum Gasteiger partial charge on any atom is -0.362 e. The van der Waals surface area contributed by atoms with E-state index in [0.29, 0.717) is 5.56 Å². The third kappa shape index (κ3) is 4.39. The number of nitrogens with one attached hydrogen (secondary N) is 1. The van der Waals surface area contributed by atoms with Crippen LogP contribution in [0.4, 0.5) is 5.69 Å². The van der Waals surface area contributed by atoms with Gasteiger partial charge < -0.3 is 4.90 Å². The summed E-state index contributed by atoms with van der Waals surface area (Å²) in [5.74, 6) is -0.0572. The van der Waals surface area contributed by atoms with Gasteiger partial charge in [-0.15, -0.1) is 0 Å². The molecular weight excluding hydrogens is 370 g/mol. The van der Waals surface area contributed by atoms with Crippen LogP contribution in [0.25, 0.3) is 0 Å². The van der Waals surface area contributed by atoms with Crippen molar-refractivity contribution in [1.82, 2.24) is 10.4 Å². The normalized spacial score (nSPS) is 17.0. The number of nitrogens with zero attached hydrogens (tertiary/aromatic N) is 2. The van der Waals surface area contributed by atoms with Gasteiger partial charge in [0, 0.05) is 30.9 Å². The average molecular weight is 400 g/mol. The fourth-order valence-corrected chi connectivity index (χ4v) is 4.17. The minimum atomic E-state index is -0.0572. The molecule has 0 radical (unpaired) electrons. The van der Waals surface area contributed by atoms with Crippen LogP contribution in [0, 0.1) is 20.8 Å². The Labute approximate surface area is 179 Å². The van der Waals surface area contributed by atoms with Crippen LogP contribution in [0.1, 0.15) is 38.7 Å². The van der Waals surface area contributed by atoms with Gasteiger partial charge in [0.2, 0.25) is 0 Å². The number of hydrogen-bond acceptors (Lipinski definition) is 3.